The van der Waals surface area contributed by atoms with Gasteiger partial charge in [0.15, 0.2) is 0 Å². The van der Waals surface area contributed by atoms with E-state index in [-0.39, 0.29) is 18.4 Å². The fourth-order valence-electron chi connectivity index (χ4n) is 2.65. The van der Waals surface area contributed by atoms with E-state index < -0.39 is 0 Å². The van der Waals surface area contributed by atoms with Crippen LogP contribution in [-0.2, 0) is 0 Å². The van der Waals surface area contributed by atoms with Gasteiger partial charge in [-0.3, -0.25) is 4.39 Å². The molecule has 2 aromatic rings. The quantitative estimate of drug-likeness (QED) is 0.834. The minimum atomic E-state index is -0.312. The number of hydrogen-bond donors (Lipinski definition) is 0. The van der Waals surface area contributed by atoms with E-state index in [1.54, 1.807) is 6.07 Å². The Morgan fingerprint density at radius 3 is 3.05 bits per heavy atom. The molecular formula is C14H15F2N3. The summed E-state index contributed by atoms with van der Waals surface area (Å²) in [7, 11) is 0. The van der Waals surface area contributed by atoms with Crippen LogP contribution < -0.4 is 4.90 Å². The highest BCUT2D eigenvalue weighted by Crippen LogP contribution is 2.27. The standard InChI is InChI=1S/C14H15F2N3/c15-7-10-2-1-5-19(8-10)14-12-6-11(16)3-4-13(12)17-9-18-14/h3-4,6,9-10H,1-2,5,7-8H2. The zero-order valence-electron chi connectivity index (χ0n) is 10.5. The summed E-state index contributed by atoms with van der Waals surface area (Å²) in [6.07, 6.45) is 3.33. The maximum atomic E-state index is 13.4. The summed E-state index contributed by atoms with van der Waals surface area (Å²) in [5.41, 5.74) is 0.716. The minimum absolute atomic E-state index is 0.0484. The summed E-state index contributed by atoms with van der Waals surface area (Å²) in [5, 5.41) is 0.696. The Kier molecular flexibility index (Phi) is 3.27. The van der Waals surface area contributed by atoms with Crippen molar-refractivity contribution in [3.05, 3.63) is 30.3 Å². The third-order valence-corrected chi connectivity index (χ3v) is 3.61. The van der Waals surface area contributed by atoms with Crippen LogP contribution in [0.25, 0.3) is 10.9 Å². The molecule has 1 aliphatic heterocycles. The van der Waals surface area contributed by atoms with E-state index in [0.717, 1.165) is 19.4 Å². The van der Waals surface area contributed by atoms with Crippen LogP contribution in [0.15, 0.2) is 24.5 Å². The number of rotatable bonds is 2. The van der Waals surface area contributed by atoms with E-state index >= 15 is 0 Å². The van der Waals surface area contributed by atoms with Crippen molar-refractivity contribution in [2.75, 3.05) is 24.7 Å². The summed E-state index contributed by atoms with van der Waals surface area (Å²) in [6.45, 7) is 1.16. The van der Waals surface area contributed by atoms with Crippen LogP contribution in [0.4, 0.5) is 14.6 Å². The molecule has 1 aromatic heterocycles. The fourth-order valence-corrected chi connectivity index (χ4v) is 2.65. The summed E-state index contributed by atoms with van der Waals surface area (Å²) in [5.74, 6) is 0.456. The highest BCUT2D eigenvalue weighted by Gasteiger charge is 2.22. The van der Waals surface area contributed by atoms with Crippen LogP contribution in [0.3, 0.4) is 0 Å². The zero-order valence-corrected chi connectivity index (χ0v) is 10.5. The third kappa shape index (κ3) is 2.37. The van der Waals surface area contributed by atoms with E-state index in [0.29, 0.717) is 23.3 Å². The van der Waals surface area contributed by atoms with E-state index in [1.807, 2.05) is 4.90 Å². The molecule has 0 amide bonds. The lowest BCUT2D eigenvalue weighted by Crippen LogP contribution is -2.36. The first-order valence-electron chi connectivity index (χ1n) is 6.49. The lowest BCUT2D eigenvalue weighted by molar-refractivity contribution is 0.315. The lowest BCUT2D eigenvalue weighted by Gasteiger charge is -2.32. The van der Waals surface area contributed by atoms with Gasteiger partial charge < -0.3 is 4.90 Å². The molecule has 0 saturated carbocycles. The highest BCUT2D eigenvalue weighted by atomic mass is 19.1. The van der Waals surface area contributed by atoms with Crippen LogP contribution in [0, 0.1) is 11.7 Å². The molecule has 2 heterocycles. The molecular weight excluding hydrogens is 248 g/mol. The van der Waals surface area contributed by atoms with Crippen LogP contribution in [0.2, 0.25) is 0 Å². The molecule has 19 heavy (non-hydrogen) atoms. The molecule has 1 atom stereocenters. The van der Waals surface area contributed by atoms with Gasteiger partial charge in [-0.1, -0.05) is 0 Å². The van der Waals surface area contributed by atoms with Gasteiger partial charge in [0.2, 0.25) is 0 Å². The van der Waals surface area contributed by atoms with Gasteiger partial charge in [-0.25, -0.2) is 14.4 Å². The van der Waals surface area contributed by atoms with Crippen LogP contribution in [-0.4, -0.2) is 29.7 Å². The van der Waals surface area contributed by atoms with Crippen molar-refractivity contribution < 1.29 is 8.78 Å². The fraction of sp³-hybridized carbons (Fsp3) is 0.429. The Balaban J connectivity index is 2.02. The summed E-state index contributed by atoms with van der Waals surface area (Å²) < 4.78 is 26.2. The largest absolute Gasteiger partial charge is 0.356 e. The number of piperidine rings is 1. The zero-order chi connectivity index (χ0) is 13.2. The second kappa shape index (κ2) is 5.07. The predicted octanol–water partition coefficient (Wildman–Crippen LogP) is 2.95. The Bertz CT molecular complexity index is 588. The number of hydrogen-bond acceptors (Lipinski definition) is 3. The van der Waals surface area contributed by atoms with Gasteiger partial charge in [-0.05, 0) is 31.0 Å². The number of aromatic nitrogens is 2. The van der Waals surface area contributed by atoms with Crippen molar-refractivity contribution in [2.45, 2.75) is 12.8 Å². The first-order valence-corrected chi connectivity index (χ1v) is 6.49. The molecule has 3 nitrogen and oxygen atoms in total. The number of halogens is 2. The smallest absolute Gasteiger partial charge is 0.139 e. The molecule has 1 unspecified atom stereocenters. The molecule has 1 aromatic carbocycles. The average Bonchev–Trinajstić information content (AvgIpc) is 2.46. The average molecular weight is 263 g/mol. The molecule has 0 aliphatic carbocycles. The highest BCUT2D eigenvalue weighted by molar-refractivity contribution is 5.89. The molecule has 1 fully saturated rings. The summed E-state index contributed by atoms with van der Waals surface area (Å²) >= 11 is 0. The van der Waals surface area contributed by atoms with Gasteiger partial charge in [-0.15, -0.1) is 0 Å². The maximum Gasteiger partial charge on any atom is 0.139 e. The minimum Gasteiger partial charge on any atom is -0.356 e. The van der Waals surface area contributed by atoms with Crippen molar-refractivity contribution >= 4 is 16.7 Å². The molecule has 100 valence electrons. The van der Waals surface area contributed by atoms with Gasteiger partial charge in [0.25, 0.3) is 0 Å². The number of nitrogens with zero attached hydrogens (tertiary/aromatic N) is 3. The van der Waals surface area contributed by atoms with Crippen molar-refractivity contribution in [1.29, 1.82) is 0 Å². The van der Waals surface area contributed by atoms with Gasteiger partial charge in [0.05, 0.1) is 12.2 Å². The van der Waals surface area contributed by atoms with Crippen LogP contribution in [0.1, 0.15) is 12.8 Å². The third-order valence-electron chi connectivity index (χ3n) is 3.61. The monoisotopic (exact) mass is 263 g/mol. The van der Waals surface area contributed by atoms with Gasteiger partial charge >= 0.3 is 0 Å². The van der Waals surface area contributed by atoms with Crippen molar-refractivity contribution in [2.24, 2.45) is 5.92 Å². The Hall–Kier alpha value is -1.78. The van der Waals surface area contributed by atoms with E-state index in [4.69, 9.17) is 0 Å². The van der Waals surface area contributed by atoms with Crippen LogP contribution in [0.5, 0.6) is 0 Å². The Morgan fingerprint density at radius 1 is 1.32 bits per heavy atom. The topological polar surface area (TPSA) is 29.0 Å². The SMILES string of the molecule is FCC1CCCN(c2ncnc3ccc(F)cc23)C1. The molecule has 3 rings (SSSR count). The van der Waals surface area contributed by atoms with Crippen molar-refractivity contribution in [1.82, 2.24) is 9.97 Å². The molecule has 1 aliphatic rings. The first-order chi connectivity index (χ1) is 9.28. The molecule has 0 bridgehead atoms. The predicted molar refractivity (Wildman–Crippen MR) is 70.4 cm³/mol. The number of alkyl halides is 1. The Labute approximate surface area is 110 Å². The maximum absolute atomic E-state index is 13.4. The van der Waals surface area contributed by atoms with Crippen molar-refractivity contribution in [3.8, 4) is 0 Å². The molecule has 5 heteroatoms. The van der Waals surface area contributed by atoms with Crippen LogP contribution >= 0.6 is 0 Å². The van der Waals surface area contributed by atoms with Crippen molar-refractivity contribution in [3.63, 3.8) is 0 Å². The van der Waals surface area contributed by atoms with E-state index in [1.165, 1.54) is 18.5 Å². The molecule has 1 saturated heterocycles. The lowest BCUT2D eigenvalue weighted by atomic mass is 9.99. The normalized spacial score (nSPS) is 19.9. The summed E-state index contributed by atoms with van der Waals surface area (Å²) in [6, 6.07) is 4.48. The molecule has 0 N–H and O–H groups in total. The van der Waals surface area contributed by atoms with E-state index in [2.05, 4.69) is 9.97 Å². The van der Waals surface area contributed by atoms with Gasteiger partial charge in [0, 0.05) is 24.4 Å². The number of fused-ring (bicyclic) bond motifs is 1. The van der Waals surface area contributed by atoms with Gasteiger partial charge in [0.1, 0.15) is 18.0 Å². The second-order valence-corrected chi connectivity index (χ2v) is 4.97. The number of anilines is 1. The van der Waals surface area contributed by atoms with Gasteiger partial charge in [-0.2, -0.15) is 0 Å². The second-order valence-electron chi connectivity index (χ2n) is 4.97. The molecule has 0 spiro atoms. The first kappa shape index (κ1) is 12.3. The number of benzene rings is 1. The van der Waals surface area contributed by atoms with E-state index in [9.17, 15) is 8.78 Å². The Morgan fingerprint density at radius 2 is 2.21 bits per heavy atom. The molecule has 0 radical (unpaired) electrons. The summed E-state index contributed by atoms with van der Waals surface area (Å²) in [4.78, 5) is 10.4.